The Hall–Kier alpha value is -3.43. The van der Waals surface area contributed by atoms with Crippen molar-refractivity contribution in [2.45, 2.75) is 13.5 Å². The molecule has 33 heavy (non-hydrogen) atoms. The maximum atomic E-state index is 12.5. The number of thioether (sulfide) groups is 1. The van der Waals surface area contributed by atoms with E-state index >= 15 is 0 Å². The van der Waals surface area contributed by atoms with Crippen LogP contribution in [0.3, 0.4) is 0 Å². The second-order valence-electron chi connectivity index (χ2n) is 7.21. The average Bonchev–Trinajstić information content (AvgIpc) is 3.13. The third-order valence-corrected chi connectivity index (χ3v) is 6.12. The highest BCUT2D eigenvalue weighted by Gasteiger charge is 2.24. The number of nitro groups is 1. The van der Waals surface area contributed by atoms with E-state index in [0.717, 1.165) is 26.9 Å². The van der Waals surface area contributed by atoms with Gasteiger partial charge in [0.1, 0.15) is 12.4 Å². The van der Waals surface area contributed by atoms with E-state index in [1.54, 1.807) is 24.3 Å². The number of aliphatic imine (C=N–C) groups is 1. The molecule has 1 fully saturated rings. The van der Waals surface area contributed by atoms with Gasteiger partial charge in [-0.15, -0.1) is 0 Å². The number of hydrogen-bond donors (Lipinski definition) is 1. The number of ether oxygens (including phenoxy) is 1. The van der Waals surface area contributed by atoms with Crippen molar-refractivity contribution in [2.24, 2.45) is 4.99 Å². The van der Waals surface area contributed by atoms with Crippen LogP contribution in [0.25, 0.3) is 6.08 Å². The number of carbonyl (C=O) groups is 1. The highest BCUT2D eigenvalue weighted by Crippen LogP contribution is 2.32. The maximum absolute atomic E-state index is 12.5. The fourth-order valence-corrected chi connectivity index (χ4v) is 4.21. The van der Waals surface area contributed by atoms with E-state index in [9.17, 15) is 14.9 Å². The third-order valence-electron chi connectivity index (χ3n) is 4.72. The summed E-state index contributed by atoms with van der Waals surface area (Å²) in [5, 5.41) is 14.1. The number of carbonyl (C=O) groups excluding carboxylic acids is 1. The van der Waals surface area contributed by atoms with Crippen LogP contribution in [0.5, 0.6) is 5.75 Å². The minimum atomic E-state index is -0.440. The standard InChI is InChI=1S/C24H18BrN3O4S/c1-15-2-7-19(8-3-15)26-24-27-23(29)22(33-24)13-17-12-18(25)6-11-21(17)32-14-16-4-9-20(10-5-16)28(30)31/h2-13H,14H2,1H3,(H,26,27,29)/b22-13+. The van der Waals surface area contributed by atoms with E-state index < -0.39 is 4.92 Å². The number of nitrogens with zero attached hydrogens (tertiary/aromatic N) is 2. The zero-order valence-corrected chi connectivity index (χ0v) is 19.9. The van der Waals surface area contributed by atoms with Crippen molar-refractivity contribution in [3.05, 3.63) is 103 Å². The summed E-state index contributed by atoms with van der Waals surface area (Å²) >= 11 is 4.72. The van der Waals surface area contributed by atoms with Gasteiger partial charge in [0.25, 0.3) is 11.6 Å². The summed E-state index contributed by atoms with van der Waals surface area (Å²) in [7, 11) is 0. The lowest BCUT2D eigenvalue weighted by Crippen LogP contribution is -2.19. The largest absolute Gasteiger partial charge is 0.488 e. The van der Waals surface area contributed by atoms with Crippen LogP contribution in [0.15, 0.2) is 81.1 Å². The Morgan fingerprint density at radius 2 is 1.85 bits per heavy atom. The van der Waals surface area contributed by atoms with E-state index in [0.29, 0.717) is 15.8 Å². The predicted octanol–water partition coefficient (Wildman–Crippen LogP) is 6.14. The van der Waals surface area contributed by atoms with Gasteiger partial charge in [0.05, 0.1) is 15.5 Å². The molecule has 0 aliphatic carbocycles. The second-order valence-corrected chi connectivity index (χ2v) is 9.16. The first-order valence-electron chi connectivity index (χ1n) is 9.89. The molecule has 4 rings (SSSR count). The van der Waals surface area contributed by atoms with Gasteiger partial charge in [-0.1, -0.05) is 33.6 Å². The van der Waals surface area contributed by atoms with Crippen LogP contribution >= 0.6 is 27.7 Å². The van der Waals surface area contributed by atoms with Crippen LogP contribution < -0.4 is 10.1 Å². The molecular formula is C24H18BrN3O4S. The van der Waals surface area contributed by atoms with Gasteiger partial charge in [0.15, 0.2) is 5.17 Å². The highest BCUT2D eigenvalue weighted by atomic mass is 79.9. The molecule has 1 heterocycles. The van der Waals surface area contributed by atoms with Gasteiger partial charge in [-0.05, 0) is 72.8 Å². The fourth-order valence-electron chi connectivity index (χ4n) is 3.00. The Kier molecular flexibility index (Phi) is 6.90. The molecule has 1 aliphatic heterocycles. The molecule has 0 saturated carbocycles. The van der Waals surface area contributed by atoms with Crippen molar-refractivity contribution in [2.75, 3.05) is 0 Å². The van der Waals surface area contributed by atoms with E-state index in [4.69, 9.17) is 4.74 Å². The summed E-state index contributed by atoms with van der Waals surface area (Å²) in [6.07, 6.45) is 1.76. The summed E-state index contributed by atoms with van der Waals surface area (Å²) in [5.74, 6) is 0.355. The molecule has 3 aromatic carbocycles. The molecule has 1 aliphatic rings. The van der Waals surface area contributed by atoms with Gasteiger partial charge in [-0.2, -0.15) is 0 Å². The molecule has 166 valence electrons. The first-order chi connectivity index (χ1) is 15.9. The molecule has 0 aromatic heterocycles. The number of nitro benzene ring substituents is 1. The quantitative estimate of drug-likeness (QED) is 0.238. The molecule has 1 saturated heterocycles. The number of hydrogen-bond acceptors (Lipinski definition) is 6. The number of nitrogens with one attached hydrogen (secondary N) is 1. The lowest BCUT2D eigenvalue weighted by Gasteiger charge is -2.10. The summed E-state index contributed by atoms with van der Waals surface area (Å²) < 4.78 is 6.79. The number of halogens is 1. The van der Waals surface area contributed by atoms with E-state index in [1.807, 2.05) is 43.3 Å². The van der Waals surface area contributed by atoms with Gasteiger partial charge in [-0.25, -0.2) is 4.99 Å². The normalized spacial score (nSPS) is 15.6. The van der Waals surface area contributed by atoms with Gasteiger partial charge >= 0.3 is 0 Å². The maximum Gasteiger partial charge on any atom is 0.269 e. The molecule has 1 amide bonds. The molecule has 0 radical (unpaired) electrons. The van der Waals surface area contributed by atoms with E-state index in [1.165, 1.54) is 23.9 Å². The lowest BCUT2D eigenvalue weighted by atomic mass is 10.1. The number of rotatable bonds is 6. The predicted molar refractivity (Wildman–Crippen MR) is 134 cm³/mol. The molecular weight excluding hydrogens is 506 g/mol. The van der Waals surface area contributed by atoms with Crippen molar-refractivity contribution in [3.8, 4) is 5.75 Å². The van der Waals surface area contributed by atoms with Crippen LogP contribution in [-0.4, -0.2) is 16.0 Å². The molecule has 0 spiro atoms. The Morgan fingerprint density at radius 1 is 1.12 bits per heavy atom. The highest BCUT2D eigenvalue weighted by molar-refractivity contribution is 9.10. The summed E-state index contributed by atoms with van der Waals surface area (Å²) in [4.78, 5) is 27.9. The monoisotopic (exact) mass is 523 g/mol. The number of non-ortho nitro benzene ring substituents is 1. The summed E-state index contributed by atoms with van der Waals surface area (Å²) in [6, 6.07) is 19.4. The Balaban J connectivity index is 1.52. The summed E-state index contributed by atoms with van der Waals surface area (Å²) in [5.41, 5.74) is 3.45. The fraction of sp³-hybridized carbons (Fsp3) is 0.0833. The van der Waals surface area contributed by atoms with Crippen molar-refractivity contribution in [1.29, 1.82) is 0 Å². The average molecular weight is 524 g/mol. The first kappa shape index (κ1) is 22.8. The number of amidine groups is 1. The Morgan fingerprint density at radius 3 is 2.55 bits per heavy atom. The Labute approximate surface area is 202 Å². The molecule has 0 bridgehead atoms. The van der Waals surface area contributed by atoms with Crippen LogP contribution in [0.1, 0.15) is 16.7 Å². The zero-order valence-electron chi connectivity index (χ0n) is 17.4. The molecule has 9 heteroatoms. The molecule has 0 unspecified atom stereocenters. The van der Waals surface area contributed by atoms with Gasteiger partial charge in [0, 0.05) is 22.2 Å². The van der Waals surface area contributed by atoms with Crippen molar-refractivity contribution in [3.63, 3.8) is 0 Å². The number of amides is 1. The lowest BCUT2D eigenvalue weighted by molar-refractivity contribution is -0.384. The Bertz CT molecular complexity index is 1270. The van der Waals surface area contributed by atoms with E-state index in [-0.39, 0.29) is 18.2 Å². The van der Waals surface area contributed by atoms with E-state index in [2.05, 4.69) is 26.2 Å². The van der Waals surface area contributed by atoms with Gasteiger partial charge in [0.2, 0.25) is 0 Å². The summed E-state index contributed by atoms with van der Waals surface area (Å²) in [6.45, 7) is 2.23. The molecule has 0 atom stereocenters. The van der Waals surface area contributed by atoms with Crippen molar-refractivity contribution in [1.82, 2.24) is 5.32 Å². The van der Waals surface area contributed by atoms with Crippen LogP contribution in [0, 0.1) is 17.0 Å². The second kappa shape index (κ2) is 10.0. The van der Waals surface area contributed by atoms with Crippen molar-refractivity contribution < 1.29 is 14.5 Å². The zero-order chi connectivity index (χ0) is 23.4. The van der Waals surface area contributed by atoms with Crippen LogP contribution in [0.4, 0.5) is 11.4 Å². The minimum Gasteiger partial charge on any atom is -0.488 e. The molecule has 1 N–H and O–H groups in total. The smallest absolute Gasteiger partial charge is 0.269 e. The molecule has 7 nitrogen and oxygen atoms in total. The number of aryl methyl sites for hydroxylation is 1. The number of benzene rings is 3. The van der Waals surface area contributed by atoms with Crippen LogP contribution in [-0.2, 0) is 11.4 Å². The first-order valence-corrected chi connectivity index (χ1v) is 11.5. The van der Waals surface area contributed by atoms with Crippen molar-refractivity contribution >= 4 is 56.2 Å². The van der Waals surface area contributed by atoms with Gasteiger partial charge < -0.3 is 10.1 Å². The third kappa shape index (κ3) is 5.88. The minimum absolute atomic E-state index is 0.0280. The SMILES string of the molecule is Cc1ccc(N=C2NC(=O)/C(=C\c3cc(Br)ccc3OCc3ccc([N+](=O)[O-])cc3)S2)cc1. The van der Waals surface area contributed by atoms with Crippen LogP contribution in [0.2, 0.25) is 0 Å². The molecule has 3 aromatic rings. The topological polar surface area (TPSA) is 93.8 Å². The van der Waals surface area contributed by atoms with Gasteiger partial charge in [-0.3, -0.25) is 14.9 Å².